The first-order chi connectivity index (χ1) is 15.0. The van der Waals surface area contributed by atoms with Gasteiger partial charge in [0.2, 0.25) is 5.91 Å². The van der Waals surface area contributed by atoms with Crippen molar-refractivity contribution in [3.8, 4) is 5.69 Å². The van der Waals surface area contributed by atoms with Crippen molar-refractivity contribution < 1.29 is 4.79 Å². The lowest BCUT2D eigenvalue weighted by Gasteiger charge is -2.36. The number of benzene rings is 2. The number of piperazine rings is 1. The van der Waals surface area contributed by atoms with E-state index < -0.39 is 0 Å². The van der Waals surface area contributed by atoms with Crippen LogP contribution in [0.1, 0.15) is 22.5 Å². The fourth-order valence-corrected chi connectivity index (χ4v) is 4.19. The molecular weight excluding hydrogens is 386 g/mol. The second-order valence-corrected chi connectivity index (χ2v) is 8.35. The molecule has 2 heterocycles. The number of rotatable bonds is 6. The maximum absolute atomic E-state index is 12.5. The maximum Gasteiger partial charge on any atom is 0.227 e. The molecule has 1 aromatic heterocycles. The van der Waals surface area contributed by atoms with Crippen molar-refractivity contribution in [1.82, 2.24) is 20.0 Å². The monoisotopic (exact) mass is 417 g/mol. The number of hydrogen-bond acceptors (Lipinski definition) is 4. The molecule has 1 amide bonds. The molecule has 0 atom stereocenters. The third-order valence-electron chi connectivity index (χ3n) is 5.85. The van der Waals surface area contributed by atoms with Crippen LogP contribution in [0, 0.1) is 20.8 Å². The summed E-state index contributed by atoms with van der Waals surface area (Å²) in [7, 11) is 0. The van der Waals surface area contributed by atoms with Gasteiger partial charge in [-0.25, -0.2) is 4.68 Å². The Labute approximate surface area is 184 Å². The predicted molar refractivity (Wildman–Crippen MR) is 125 cm³/mol. The Bertz CT molecular complexity index is 1040. The molecule has 1 aliphatic heterocycles. The van der Waals surface area contributed by atoms with Crippen molar-refractivity contribution in [1.29, 1.82) is 0 Å². The minimum Gasteiger partial charge on any atom is -0.369 e. The van der Waals surface area contributed by atoms with Gasteiger partial charge in [0.1, 0.15) is 0 Å². The molecule has 6 heteroatoms. The Morgan fingerprint density at radius 1 is 0.968 bits per heavy atom. The van der Waals surface area contributed by atoms with Crippen molar-refractivity contribution in [3.05, 3.63) is 77.1 Å². The highest BCUT2D eigenvalue weighted by Crippen LogP contribution is 2.22. The zero-order valence-electron chi connectivity index (χ0n) is 18.6. The van der Waals surface area contributed by atoms with Crippen LogP contribution < -0.4 is 10.2 Å². The fraction of sp³-hybridized carbons (Fsp3) is 0.360. The molecule has 0 radical (unpaired) electrons. The number of aromatic nitrogens is 2. The zero-order chi connectivity index (χ0) is 21.8. The van der Waals surface area contributed by atoms with Gasteiger partial charge in [0, 0.05) is 37.6 Å². The van der Waals surface area contributed by atoms with Gasteiger partial charge in [0.15, 0.2) is 0 Å². The van der Waals surface area contributed by atoms with E-state index in [0.717, 1.165) is 43.3 Å². The number of aryl methyl sites for hydroxylation is 3. The molecule has 0 aliphatic carbocycles. The topological polar surface area (TPSA) is 53.4 Å². The Morgan fingerprint density at radius 3 is 2.42 bits per heavy atom. The van der Waals surface area contributed by atoms with E-state index in [1.807, 2.05) is 48.0 Å². The molecule has 162 valence electrons. The normalized spacial score (nSPS) is 14.6. The summed E-state index contributed by atoms with van der Waals surface area (Å²) in [5.74, 6) is 0.00882. The standard InChI is InChI=1S/C25H31N5O/c1-19-9-10-24(20(2)15-19)29-13-11-28(12-14-29)18-26-25(31)17-22-16-21(3)30(27-22)23-7-5-4-6-8-23/h4-10,15-16H,11-14,17-18H2,1-3H3,(H,26,31). The first kappa shape index (κ1) is 21.1. The van der Waals surface area contributed by atoms with E-state index >= 15 is 0 Å². The smallest absolute Gasteiger partial charge is 0.227 e. The van der Waals surface area contributed by atoms with Gasteiger partial charge in [-0.15, -0.1) is 0 Å². The first-order valence-electron chi connectivity index (χ1n) is 10.9. The summed E-state index contributed by atoms with van der Waals surface area (Å²) >= 11 is 0. The van der Waals surface area contributed by atoms with Gasteiger partial charge in [0.25, 0.3) is 0 Å². The van der Waals surface area contributed by atoms with Gasteiger partial charge in [-0.05, 0) is 50.6 Å². The SMILES string of the molecule is Cc1ccc(N2CCN(CNC(=O)Cc3cc(C)n(-c4ccccc4)n3)CC2)c(C)c1. The lowest BCUT2D eigenvalue weighted by atomic mass is 10.1. The first-order valence-corrected chi connectivity index (χ1v) is 10.9. The number of carbonyl (C=O) groups excluding carboxylic acids is 1. The number of carbonyl (C=O) groups is 1. The summed E-state index contributed by atoms with van der Waals surface area (Å²) in [6.45, 7) is 10.7. The Hall–Kier alpha value is -3.12. The van der Waals surface area contributed by atoms with Crippen LogP contribution >= 0.6 is 0 Å². The summed E-state index contributed by atoms with van der Waals surface area (Å²) in [5, 5.41) is 7.67. The average molecular weight is 418 g/mol. The highest BCUT2D eigenvalue weighted by Gasteiger charge is 2.19. The molecule has 1 saturated heterocycles. The van der Waals surface area contributed by atoms with Crippen LogP contribution in [0.2, 0.25) is 0 Å². The van der Waals surface area contributed by atoms with Gasteiger partial charge in [-0.2, -0.15) is 5.10 Å². The van der Waals surface area contributed by atoms with Crippen molar-refractivity contribution in [3.63, 3.8) is 0 Å². The fourth-order valence-electron chi connectivity index (χ4n) is 4.19. The molecule has 1 N–H and O–H groups in total. The molecule has 3 aromatic rings. The summed E-state index contributed by atoms with van der Waals surface area (Å²) in [4.78, 5) is 17.2. The van der Waals surface area contributed by atoms with E-state index in [1.165, 1.54) is 16.8 Å². The minimum atomic E-state index is 0.00882. The largest absolute Gasteiger partial charge is 0.369 e. The van der Waals surface area contributed by atoms with Crippen molar-refractivity contribution >= 4 is 11.6 Å². The van der Waals surface area contributed by atoms with Crippen LogP contribution in [0.4, 0.5) is 5.69 Å². The lowest BCUT2D eigenvalue weighted by molar-refractivity contribution is -0.121. The lowest BCUT2D eigenvalue weighted by Crippen LogP contribution is -2.50. The molecule has 2 aromatic carbocycles. The van der Waals surface area contributed by atoms with Crippen LogP contribution in [0.25, 0.3) is 5.69 Å². The van der Waals surface area contributed by atoms with Crippen molar-refractivity contribution in [2.75, 3.05) is 37.7 Å². The highest BCUT2D eigenvalue weighted by atomic mass is 16.1. The number of para-hydroxylation sites is 1. The van der Waals surface area contributed by atoms with E-state index in [0.29, 0.717) is 13.1 Å². The maximum atomic E-state index is 12.5. The van der Waals surface area contributed by atoms with Crippen LogP contribution in [0.5, 0.6) is 0 Å². The third-order valence-corrected chi connectivity index (χ3v) is 5.85. The molecule has 0 spiro atoms. The van der Waals surface area contributed by atoms with E-state index in [1.54, 1.807) is 0 Å². The average Bonchev–Trinajstić information content (AvgIpc) is 3.13. The highest BCUT2D eigenvalue weighted by molar-refractivity contribution is 5.78. The molecule has 31 heavy (non-hydrogen) atoms. The van der Waals surface area contributed by atoms with Gasteiger partial charge < -0.3 is 10.2 Å². The Balaban J connectivity index is 1.26. The third kappa shape index (κ3) is 5.14. The van der Waals surface area contributed by atoms with E-state index in [-0.39, 0.29) is 5.91 Å². The number of hydrogen-bond donors (Lipinski definition) is 1. The number of amides is 1. The van der Waals surface area contributed by atoms with E-state index in [2.05, 4.69) is 52.3 Å². The number of anilines is 1. The van der Waals surface area contributed by atoms with Gasteiger partial charge >= 0.3 is 0 Å². The molecular formula is C25H31N5O. The van der Waals surface area contributed by atoms with E-state index in [4.69, 9.17) is 0 Å². The van der Waals surface area contributed by atoms with Gasteiger partial charge in [-0.1, -0.05) is 35.9 Å². The van der Waals surface area contributed by atoms with Crippen LogP contribution in [0.15, 0.2) is 54.6 Å². The Kier molecular flexibility index (Phi) is 6.37. The Morgan fingerprint density at radius 2 is 1.71 bits per heavy atom. The van der Waals surface area contributed by atoms with Crippen LogP contribution in [-0.4, -0.2) is 53.4 Å². The van der Waals surface area contributed by atoms with Gasteiger partial charge in [0.05, 0.1) is 24.5 Å². The zero-order valence-corrected chi connectivity index (χ0v) is 18.6. The second kappa shape index (κ2) is 9.35. The molecule has 4 rings (SSSR count). The minimum absolute atomic E-state index is 0.00882. The second-order valence-electron chi connectivity index (χ2n) is 8.35. The molecule has 1 aliphatic rings. The molecule has 0 saturated carbocycles. The predicted octanol–water partition coefficient (Wildman–Crippen LogP) is 3.24. The van der Waals surface area contributed by atoms with Crippen LogP contribution in [0.3, 0.4) is 0 Å². The summed E-state index contributed by atoms with van der Waals surface area (Å²) in [6.07, 6.45) is 0.295. The summed E-state index contributed by atoms with van der Waals surface area (Å²) in [5.41, 5.74) is 6.76. The molecule has 0 unspecified atom stereocenters. The van der Waals surface area contributed by atoms with E-state index in [9.17, 15) is 4.79 Å². The summed E-state index contributed by atoms with van der Waals surface area (Å²) in [6, 6.07) is 18.6. The molecule has 1 fully saturated rings. The molecule has 6 nitrogen and oxygen atoms in total. The molecule has 0 bridgehead atoms. The number of nitrogens with zero attached hydrogens (tertiary/aromatic N) is 4. The van der Waals surface area contributed by atoms with Crippen LogP contribution in [-0.2, 0) is 11.2 Å². The van der Waals surface area contributed by atoms with Crippen molar-refractivity contribution in [2.24, 2.45) is 0 Å². The summed E-state index contributed by atoms with van der Waals surface area (Å²) < 4.78 is 1.88. The quantitative estimate of drug-likeness (QED) is 0.669. The number of nitrogens with one attached hydrogen (secondary N) is 1. The van der Waals surface area contributed by atoms with Gasteiger partial charge in [-0.3, -0.25) is 9.69 Å². The van der Waals surface area contributed by atoms with Crippen molar-refractivity contribution in [2.45, 2.75) is 27.2 Å².